The van der Waals surface area contributed by atoms with Crippen molar-refractivity contribution in [2.24, 2.45) is 0 Å². The topological polar surface area (TPSA) is 43.7 Å². The molecule has 0 saturated carbocycles. The molecule has 0 fully saturated rings. The van der Waals surface area contributed by atoms with Gasteiger partial charge in [0.1, 0.15) is 0 Å². The lowest BCUT2D eigenvalue weighted by molar-refractivity contribution is 0.160. The first kappa shape index (κ1) is 19.0. The van der Waals surface area contributed by atoms with Crippen LogP contribution in [-0.2, 0) is 12.2 Å². The molecule has 0 amide bonds. The summed E-state index contributed by atoms with van der Waals surface area (Å²) in [5.74, 6) is 0.991. The Labute approximate surface area is 149 Å². The standard InChI is InChI=1S/C20H27NO2S/c22-15-13-21(14-16-23)12-4-5-18-8-10-19(11-9-18)17-24-20-6-2-1-3-7-20/h1-3,6-11,22-23H,4-5,12-17H2. The summed E-state index contributed by atoms with van der Waals surface area (Å²) in [4.78, 5) is 3.40. The molecule has 0 spiro atoms. The predicted molar refractivity (Wildman–Crippen MR) is 101 cm³/mol. The molecule has 0 radical (unpaired) electrons. The fraction of sp³-hybridized carbons (Fsp3) is 0.400. The molecule has 2 aromatic rings. The maximum atomic E-state index is 9.02. The summed E-state index contributed by atoms with van der Waals surface area (Å²) in [5, 5.41) is 18.0. The van der Waals surface area contributed by atoms with Crippen LogP contribution in [0.4, 0.5) is 0 Å². The van der Waals surface area contributed by atoms with Crippen molar-refractivity contribution in [2.75, 3.05) is 32.8 Å². The number of thioether (sulfide) groups is 1. The molecule has 0 aliphatic heterocycles. The smallest absolute Gasteiger partial charge is 0.0558 e. The molecule has 0 unspecified atom stereocenters. The minimum atomic E-state index is 0.147. The zero-order chi connectivity index (χ0) is 17.0. The molecule has 0 aromatic heterocycles. The first-order valence-electron chi connectivity index (χ1n) is 8.51. The van der Waals surface area contributed by atoms with Gasteiger partial charge in [0, 0.05) is 23.7 Å². The van der Waals surface area contributed by atoms with Crippen molar-refractivity contribution in [3.05, 3.63) is 65.7 Å². The Balaban J connectivity index is 1.73. The van der Waals surface area contributed by atoms with Crippen molar-refractivity contribution in [1.82, 2.24) is 4.90 Å². The van der Waals surface area contributed by atoms with Crippen LogP contribution < -0.4 is 0 Å². The minimum absolute atomic E-state index is 0.147. The molecule has 0 saturated heterocycles. The van der Waals surface area contributed by atoms with Crippen LogP contribution in [0.25, 0.3) is 0 Å². The molecule has 0 bridgehead atoms. The van der Waals surface area contributed by atoms with E-state index in [2.05, 4.69) is 53.4 Å². The van der Waals surface area contributed by atoms with Gasteiger partial charge in [0.05, 0.1) is 13.2 Å². The molecule has 2 aromatic carbocycles. The maximum Gasteiger partial charge on any atom is 0.0558 e. The molecule has 4 heteroatoms. The molecule has 2 N–H and O–H groups in total. The molecule has 0 aliphatic rings. The van der Waals surface area contributed by atoms with Crippen LogP contribution in [0.5, 0.6) is 0 Å². The third kappa shape index (κ3) is 7.05. The van der Waals surface area contributed by atoms with E-state index in [9.17, 15) is 0 Å². The monoisotopic (exact) mass is 345 g/mol. The number of benzene rings is 2. The van der Waals surface area contributed by atoms with Crippen LogP contribution in [0.15, 0.2) is 59.5 Å². The van der Waals surface area contributed by atoms with Crippen LogP contribution in [0.1, 0.15) is 17.5 Å². The second-order valence-electron chi connectivity index (χ2n) is 5.81. The Morgan fingerprint density at radius 2 is 1.38 bits per heavy atom. The van der Waals surface area contributed by atoms with E-state index in [0.29, 0.717) is 13.1 Å². The van der Waals surface area contributed by atoms with E-state index in [0.717, 1.165) is 25.1 Å². The summed E-state index contributed by atoms with van der Waals surface area (Å²) >= 11 is 1.86. The lowest BCUT2D eigenvalue weighted by Crippen LogP contribution is -2.31. The van der Waals surface area contributed by atoms with Crippen molar-refractivity contribution in [2.45, 2.75) is 23.5 Å². The van der Waals surface area contributed by atoms with Gasteiger partial charge in [0.15, 0.2) is 0 Å². The van der Waals surface area contributed by atoms with Crippen molar-refractivity contribution >= 4 is 11.8 Å². The molecule has 0 aliphatic carbocycles. The Kier molecular flexibility index (Phi) is 8.92. The second-order valence-corrected chi connectivity index (χ2v) is 6.86. The lowest BCUT2D eigenvalue weighted by Gasteiger charge is -2.19. The highest BCUT2D eigenvalue weighted by atomic mass is 32.2. The summed E-state index contributed by atoms with van der Waals surface area (Å²) < 4.78 is 0. The van der Waals surface area contributed by atoms with Gasteiger partial charge in [-0.2, -0.15) is 0 Å². The Morgan fingerprint density at radius 3 is 2.00 bits per heavy atom. The summed E-state index contributed by atoms with van der Waals surface area (Å²) in [6.45, 7) is 2.47. The molecule has 24 heavy (non-hydrogen) atoms. The van der Waals surface area contributed by atoms with Crippen LogP contribution in [-0.4, -0.2) is 48.0 Å². The Hall–Kier alpha value is -1.33. The van der Waals surface area contributed by atoms with Crippen molar-refractivity contribution < 1.29 is 10.2 Å². The number of aliphatic hydroxyl groups excluding tert-OH is 2. The van der Waals surface area contributed by atoms with Gasteiger partial charge < -0.3 is 10.2 Å². The fourth-order valence-corrected chi connectivity index (χ4v) is 3.49. The van der Waals surface area contributed by atoms with E-state index in [1.165, 1.54) is 16.0 Å². The van der Waals surface area contributed by atoms with E-state index in [4.69, 9.17) is 10.2 Å². The molecule has 0 atom stereocenters. The third-order valence-electron chi connectivity index (χ3n) is 3.94. The number of nitrogens with zero attached hydrogens (tertiary/aromatic N) is 1. The summed E-state index contributed by atoms with van der Waals surface area (Å²) in [6, 6.07) is 19.3. The van der Waals surface area contributed by atoms with Gasteiger partial charge in [-0.05, 0) is 42.6 Å². The van der Waals surface area contributed by atoms with Crippen LogP contribution in [0.2, 0.25) is 0 Å². The molecule has 0 heterocycles. The number of rotatable bonds is 11. The third-order valence-corrected chi connectivity index (χ3v) is 5.03. The molecule has 3 nitrogen and oxygen atoms in total. The summed E-state index contributed by atoms with van der Waals surface area (Å²) in [7, 11) is 0. The summed E-state index contributed by atoms with van der Waals surface area (Å²) in [6.07, 6.45) is 2.07. The van der Waals surface area contributed by atoms with Crippen LogP contribution in [0, 0.1) is 0 Å². The molecular formula is C20H27NO2S. The first-order valence-corrected chi connectivity index (χ1v) is 9.50. The average Bonchev–Trinajstić information content (AvgIpc) is 2.62. The van der Waals surface area contributed by atoms with E-state index >= 15 is 0 Å². The molecule has 130 valence electrons. The SMILES string of the molecule is OCCN(CCO)CCCc1ccc(CSc2ccccc2)cc1. The number of hydrogen-bond donors (Lipinski definition) is 2. The number of hydrogen-bond acceptors (Lipinski definition) is 4. The van der Waals surface area contributed by atoms with Gasteiger partial charge in [0.2, 0.25) is 0 Å². The van der Waals surface area contributed by atoms with Crippen molar-refractivity contribution in [3.63, 3.8) is 0 Å². The lowest BCUT2D eigenvalue weighted by atomic mass is 10.1. The van der Waals surface area contributed by atoms with Gasteiger partial charge in [-0.3, -0.25) is 4.90 Å². The largest absolute Gasteiger partial charge is 0.395 e. The van der Waals surface area contributed by atoms with Crippen molar-refractivity contribution in [3.8, 4) is 0 Å². The Morgan fingerprint density at radius 1 is 0.750 bits per heavy atom. The molecular weight excluding hydrogens is 318 g/mol. The minimum Gasteiger partial charge on any atom is -0.395 e. The predicted octanol–water partition coefficient (Wildman–Crippen LogP) is 3.20. The van der Waals surface area contributed by atoms with Gasteiger partial charge >= 0.3 is 0 Å². The maximum absolute atomic E-state index is 9.02. The van der Waals surface area contributed by atoms with Crippen molar-refractivity contribution in [1.29, 1.82) is 0 Å². The Bertz CT molecular complexity index is 554. The fourth-order valence-electron chi connectivity index (χ4n) is 2.61. The van der Waals surface area contributed by atoms with Crippen LogP contribution >= 0.6 is 11.8 Å². The average molecular weight is 346 g/mol. The second kappa shape index (κ2) is 11.3. The first-order chi connectivity index (χ1) is 11.8. The quantitative estimate of drug-likeness (QED) is 0.614. The van der Waals surface area contributed by atoms with Gasteiger partial charge in [0.25, 0.3) is 0 Å². The zero-order valence-corrected chi connectivity index (χ0v) is 14.9. The van der Waals surface area contributed by atoms with Gasteiger partial charge in [-0.15, -0.1) is 11.8 Å². The number of aliphatic hydroxyl groups is 2. The van der Waals surface area contributed by atoms with Gasteiger partial charge in [-0.1, -0.05) is 42.5 Å². The van der Waals surface area contributed by atoms with E-state index in [1.807, 2.05) is 17.8 Å². The number of aryl methyl sites for hydroxylation is 1. The van der Waals surface area contributed by atoms with E-state index < -0.39 is 0 Å². The van der Waals surface area contributed by atoms with E-state index in [-0.39, 0.29) is 13.2 Å². The highest BCUT2D eigenvalue weighted by Crippen LogP contribution is 2.22. The van der Waals surface area contributed by atoms with Crippen LogP contribution in [0.3, 0.4) is 0 Å². The van der Waals surface area contributed by atoms with Gasteiger partial charge in [-0.25, -0.2) is 0 Å². The zero-order valence-electron chi connectivity index (χ0n) is 14.1. The van der Waals surface area contributed by atoms with E-state index in [1.54, 1.807) is 0 Å². The molecule has 2 rings (SSSR count). The highest BCUT2D eigenvalue weighted by molar-refractivity contribution is 7.98. The summed E-state index contributed by atoms with van der Waals surface area (Å²) in [5.41, 5.74) is 2.69. The highest BCUT2D eigenvalue weighted by Gasteiger charge is 2.03. The normalized spacial score (nSPS) is 11.1.